The summed E-state index contributed by atoms with van der Waals surface area (Å²) in [7, 11) is 0. The Morgan fingerprint density at radius 1 is 1.22 bits per heavy atom. The Bertz CT molecular complexity index is 526. The second-order valence-electron chi connectivity index (χ2n) is 7.14. The Labute approximate surface area is 138 Å². The normalized spacial score (nSPS) is 23.0. The number of benzene rings is 1. The molecule has 1 saturated carbocycles. The highest BCUT2D eigenvalue weighted by Gasteiger charge is 2.25. The average molecular weight is 316 g/mol. The molecule has 2 aliphatic rings. The molecule has 1 saturated heterocycles. The van der Waals surface area contributed by atoms with Crippen molar-refractivity contribution in [2.75, 3.05) is 19.6 Å². The number of phenolic OH excluding ortho intramolecular Hbond substituents is 1. The van der Waals surface area contributed by atoms with Crippen molar-refractivity contribution >= 4 is 5.91 Å². The zero-order chi connectivity index (χ0) is 16.1. The third-order valence-electron chi connectivity index (χ3n) is 5.23. The highest BCUT2D eigenvalue weighted by molar-refractivity contribution is 5.78. The lowest BCUT2D eigenvalue weighted by atomic mass is 9.88. The maximum Gasteiger partial charge on any atom is 0.223 e. The summed E-state index contributed by atoms with van der Waals surface area (Å²) in [5.74, 6) is 1.42. The van der Waals surface area contributed by atoms with Crippen LogP contribution >= 0.6 is 0 Å². The van der Waals surface area contributed by atoms with Gasteiger partial charge in [-0.1, -0.05) is 31.4 Å². The van der Waals surface area contributed by atoms with E-state index in [9.17, 15) is 9.90 Å². The minimum atomic E-state index is 0.258. The number of nitrogens with zero attached hydrogens (tertiary/aromatic N) is 1. The molecule has 0 aromatic heterocycles. The highest BCUT2D eigenvalue weighted by atomic mass is 16.3. The number of aromatic hydroxyl groups is 1. The van der Waals surface area contributed by atoms with Gasteiger partial charge in [0.15, 0.2) is 0 Å². The van der Waals surface area contributed by atoms with E-state index in [2.05, 4.69) is 16.3 Å². The SMILES string of the molecule is O=C(NC[C@H]1CCN(Cc2cccc(O)c2)C1)C1CCCCC1. The molecule has 23 heavy (non-hydrogen) atoms. The molecule has 0 unspecified atom stereocenters. The lowest BCUT2D eigenvalue weighted by Crippen LogP contribution is -2.36. The van der Waals surface area contributed by atoms with Crippen molar-refractivity contribution in [2.24, 2.45) is 11.8 Å². The van der Waals surface area contributed by atoms with Crippen LogP contribution in [0.1, 0.15) is 44.1 Å². The maximum atomic E-state index is 12.2. The van der Waals surface area contributed by atoms with Crippen LogP contribution in [0.3, 0.4) is 0 Å². The van der Waals surface area contributed by atoms with Crippen LogP contribution in [0, 0.1) is 11.8 Å². The lowest BCUT2D eigenvalue weighted by molar-refractivity contribution is -0.126. The van der Waals surface area contributed by atoms with Crippen LogP contribution in [-0.2, 0) is 11.3 Å². The van der Waals surface area contributed by atoms with Crippen LogP contribution in [0.25, 0.3) is 0 Å². The van der Waals surface area contributed by atoms with E-state index in [1.807, 2.05) is 12.1 Å². The number of carbonyl (C=O) groups is 1. The molecule has 126 valence electrons. The molecular weight excluding hydrogens is 288 g/mol. The van der Waals surface area contributed by atoms with Gasteiger partial charge in [0.1, 0.15) is 5.75 Å². The van der Waals surface area contributed by atoms with Gasteiger partial charge in [0, 0.05) is 25.6 Å². The van der Waals surface area contributed by atoms with Crippen LogP contribution < -0.4 is 5.32 Å². The summed E-state index contributed by atoms with van der Waals surface area (Å²) < 4.78 is 0. The molecule has 1 heterocycles. The average Bonchev–Trinajstić information content (AvgIpc) is 3.01. The molecule has 2 fully saturated rings. The van der Waals surface area contributed by atoms with Gasteiger partial charge < -0.3 is 10.4 Å². The van der Waals surface area contributed by atoms with E-state index in [0.717, 1.165) is 51.0 Å². The van der Waals surface area contributed by atoms with E-state index in [-0.39, 0.29) is 11.8 Å². The molecule has 3 rings (SSSR count). The number of nitrogens with one attached hydrogen (secondary N) is 1. The lowest BCUT2D eigenvalue weighted by Gasteiger charge is -2.22. The monoisotopic (exact) mass is 316 g/mol. The van der Waals surface area contributed by atoms with Gasteiger partial charge in [-0.3, -0.25) is 9.69 Å². The summed E-state index contributed by atoms with van der Waals surface area (Å²) in [6.07, 6.45) is 6.98. The Hall–Kier alpha value is -1.55. The molecule has 1 amide bonds. The molecule has 1 atom stereocenters. The number of rotatable bonds is 5. The Morgan fingerprint density at radius 2 is 2.04 bits per heavy atom. The van der Waals surface area contributed by atoms with E-state index in [1.54, 1.807) is 6.07 Å². The summed E-state index contributed by atoms with van der Waals surface area (Å²) in [4.78, 5) is 14.6. The number of phenols is 1. The van der Waals surface area contributed by atoms with Gasteiger partial charge >= 0.3 is 0 Å². The smallest absolute Gasteiger partial charge is 0.223 e. The van der Waals surface area contributed by atoms with Crippen molar-refractivity contribution in [3.63, 3.8) is 0 Å². The number of likely N-dealkylation sites (tertiary alicyclic amines) is 1. The summed E-state index contributed by atoms with van der Waals surface area (Å²) in [6, 6.07) is 7.48. The molecule has 4 heteroatoms. The molecule has 1 aromatic carbocycles. The predicted octanol–water partition coefficient (Wildman–Crippen LogP) is 2.91. The summed E-state index contributed by atoms with van der Waals surface area (Å²) in [6.45, 7) is 3.79. The van der Waals surface area contributed by atoms with Crippen molar-refractivity contribution in [2.45, 2.75) is 45.1 Å². The van der Waals surface area contributed by atoms with Crippen LogP contribution in [0.4, 0.5) is 0 Å². The molecule has 0 radical (unpaired) electrons. The molecule has 0 bridgehead atoms. The fraction of sp³-hybridized carbons (Fsp3) is 0.632. The quantitative estimate of drug-likeness (QED) is 0.878. The second kappa shape index (κ2) is 7.82. The van der Waals surface area contributed by atoms with Crippen LogP contribution in [-0.4, -0.2) is 35.5 Å². The van der Waals surface area contributed by atoms with Gasteiger partial charge in [0.2, 0.25) is 5.91 Å². The molecule has 0 spiro atoms. The fourth-order valence-electron chi connectivity index (χ4n) is 3.89. The van der Waals surface area contributed by atoms with Gasteiger partial charge in [-0.2, -0.15) is 0 Å². The first-order chi connectivity index (χ1) is 11.2. The number of hydrogen-bond acceptors (Lipinski definition) is 3. The largest absolute Gasteiger partial charge is 0.508 e. The van der Waals surface area contributed by atoms with Gasteiger partial charge in [0.25, 0.3) is 0 Å². The fourth-order valence-corrected chi connectivity index (χ4v) is 3.89. The summed E-state index contributed by atoms with van der Waals surface area (Å²) >= 11 is 0. The van der Waals surface area contributed by atoms with E-state index in [1.165, 1.54) is 19.3 Å². The Kier molecular flexibility index (Phi) is 5.55. The summed E-state index contributed by atoms with van der Waals surface area (Å²) in [5.41, 5.74) is 1.15. The second-order valence-corrected chi connectivity index (χ2v) is 7.14. The summed E-state index contributed by atoms with van der Waals surface area (Å²) in [5, 5.41) is 12.7. The molecule has 1 aromatic rings. The first-order valence-corrected chi connectivity index (χ1v) is 8.98. The van der Waals surface area contributed by atoms with Crippen molar-refractivity contribution in [1.82, 2.24) is 10.2 Å². The Balaban J connectivity index is 1.40. The van der Waals surface area contributed by atoms with Gasteiger partial charge in [-0.05, 0) is 49.4 Å². The van der Waals surface area contributed by atoms with E-state index in [0.29, 0.717) is 11.7 Å². The topological polar surface area (TPSA) is 52.6 Å². The highest BCUT2D eigenvalue weighted by Crippen LogP contribution is 2.24. The van der Waals surface area contributed by atoms with Crippen molar-refractivity contribution in [3.8, 4) is 5.75 Å². The van der Waals surface area contributed by atoms with Crippen molar-refractivity contribution in [1.29, 1.82) is 0 Å². The van der Waals surface area contributed by atoms with E-state index < -0.39 is 0 Å². The van der Waals surface area contributed by atoms with E-state index >= 15 is 0 Å². The third-order valence-corrected chi connectivity index (χ3v) is 5.23. The number of carbonyl (C=O) groups excluding carboxylic acids is 1. The number of amides is 1. The predicted molar refractivity (Wildman–Crippen MR) is 91.1 cm³/mol. The third kappa shape index (κ3) is 4.71. The van der Waals surface area contributed by atoms with Crippen molar-refractivity contribution in [3.05, 3.63) is 29.8 Å². The van der Waals surface area contributed by atoms with Crippen molar-refractivity contribution < 1.29 is 9.90 Å². The van der Waals surface area contributed by atoms with E-state index in [4.69, 9.17) is 0 Å². The van der Waals surface area contributed by atoms with Gasteiger partial charge in [-0.25, -0.2) is 0 Å². The molecule has 1 aliphatic heterocycles. The minimum Gasteiger partial charge on any atom is -0.508 e. The number of hydrogen-bond donors (Lipinski definition) is 2. The van der Waals surface area contributed by atoms with Gasteiger partial charge in [-0.15, -0.1) is 0 Å². The Morgan fingerprint density at radius 3 is 2.83 bits per heavy atom. The first-order valence-electron chi connectivity index (χ1n) is 8.98. The molecular formula is C19H28N2O2. The zero-order valence-corrected chi connectivity index (χ0v) is 13.8. The van der Waals surface area contributed by atoms with Gasteiger partial charge in [0.05, 0.1) is 0 Å². The van der Waals surface area contributed by atoms with Crippen LogP contribution in [0.5, 0.6) is 5.75 Å². The molecule has 1 aliphatic carbocycles. The first kappa shape index (κ1) is 16.3. The van der Waals surface area contributed by atoms with Crippen LogP contribution in [0.15, 0.2) is 24.3 Å². The maximum absolute atomic E-state index is 12.2. The van der Waals surface area contributed by atoms with Crippen LogP contribution in [0.2, 0.25) is 0 Å². The minimum absolute atomic E-state index is 0.258. The molecule has 4 nitrogen and oxygen atoms in total. The molecule has 2 N–H and O–H groups in total. The zero-order valence-electron chi connectivity index (χ0n) is 13.8. The standard InChI is InChI=1S/C19H28N2O2/c22-18-8-4-5-15(11-18)13-21-10-9-16(14-21)12-20-19(23)17-6-2-1-3-7-17/h4-5,8,11,16-17,22H,1-3,6-7,9-10,12-14H2,(H,20,23)/t16-/m1/s1.